The molecule has 0 spiro atoms. The van der Waals surface area contributed by atoms with Crippen molar-refractivity contribution in [2.75, 3.05) is 20.2 Å². The smallest absolute Gasteiger partial charge is 0.313 e. The van der Waals surface area contributed by atoms with Crippen LogP contribution in [0.25, 0.3) is 5.57 Å². The van der Waals surface area contributed by atoms with Gasteiger partial charge >= 0.3 is 5.97 Å². The number of hydrogen-bond acceptors (Lipinski definition) is 4. The predicted molar refractivity (Wildman–Crippen MR) is 111 cm³/mol. The van der Waals surface area contributed by atoms with Crippen molar-refractivity contribution in [3.05, 3.63) is 71.8 Å². The van der Waals surface area contributed by atoms with Gasteiger partial charge in [-0.05, 0) is 48.4 Å². The number of hydrogen-bond donors (Lipinski definition) is 0. The Hall–Kier alpha value is -2.44. The molecule has 0 bridgehead atoms. The lowest BCUT2D eigenvalue weighted by molar-refractivity contribution is -0.144. The Labute approximate surface area is 172 Å². The molecular formula is C23H25NO4S. The molecule has 0 amide bonds. The van der Waals surface area contributed by atoms with Crippen LogP contribution in [0.4, 0.5) is 0 Å². The standard InChI is InChI=1S/C23H25NO4S/c1-16-8-10-20(11-9-16)29(26,27)24-14-18-12-21(17-6-4-3-5-7-17)22(23(25)28-2)13-19(18)15-24/h3-12,18-19,22H,13-15H2,1-2H3/t18-,19+,22+/m0/s1. The van der Waals surface area contributed by atoms with Crippen molar-refractivity contribution < 1.29 is 17.9 Å². The normalized spacial score (nSPS) is 24.6. The molecular weight excluding hydrogens is 386 g/mol. The molecule has 1 aliphatic heterocycles. The van der Waals surface area contributed by atoms with E-state index >= 15 is 0 Å². The van der Waals surface area contributed by atoms with Crippen LogP contribution in [-0.4, -0.2) is 38.9 Å². The first kappa shape index (κ1) is 19.9. The molecule has 5 nitrogen and oxygen atoms in total. The molecule has 29 heavy (non-hydrogen) atoms. The third kappa shape index (κ3) is 3.74. The maximum absolute atomic E-state index is 13.1. The second-order valence-electron chi connectivity index (χ2n) is 7.86. The Morgan fingerprint density at radius 2 is 1.72 bits per heavy atom. The summed E-state index contributed by atoms with van der Waals surface area (Å²) in [6, 6.07) is 16.8. The highest BCUT2D eigenvalue weighted by molar-refractivity contribution is 7.89. The minimum atomic E-state index is -3.55. The van der Waals surface area contributed by atoms with Gasteiger partial charge in [0.25, 0.3) is 0 Å². The molecule has 1 aliphatic carbocycles. The number of methoxy groups -OCH3 is 1. The van der Waals surface area contributed by atoms with Crippen LogP contribution in [0.2, 0.25) is 0 Å². The molecule has 0 N–H and O–H groups in total. The van der Waals surface area contributed by atoms with Crippen molar-refractivity contribution in [3.8, 4) is 0 Å². The average molecular weight is 412 g/mol. The summed E-state index contributed by atoms with van der Waals surface area (Å²) in [7, 11) is -2.15. The van der Waals surface area contributed by atoms with E-state index in [2.05, 4.69) is 6.08 Å². The van der Waals surface area contributed by atoms with Gasteiger partial charge in [0.1, 0.15) is 0 Å². The lowest BCUT2D eigenvalue weighted by Crippen LogP contribution is -2.29. The Morgan fingerprint density at radius 1 is 1.03 bits per heavy atom. The Morgan fingerprint density at radius 3 is 2.38 bits per heavy atom. The highest BCUT2D eigenvalue weighted by atomic mass is 32.2. The number of fused-ring (bicyclic) bond motifs is 1. The van der Waals surface area contributed by atoms with E-state index in [1.807, 2.05) is 49.4 Å². The molecule has 1 saturated heterocycles. The van der Waals surface area contributed by atoms with E-state index in [-0.39, 0.29) is 23.7 Å². The molecule has 152 valence electrons. The average Bonchev–Trinajstić information content (AvgIpc) is 3.17. The van der Waals surface area contributed by atoms with Gasteiger partial charge in [0.05, 0.1) is 17.9 Å². The predicted octanol–water partition coefficient (Wildman–Crippen LogP) is 3.51. The summed E-state index contributed by atoms with van der Waals surface area (Å²) in [5.41, 5.74) is 2.95. The largest absolute Gasteiger partial charge is 0.469 e. The van der Waals surface area contributed by atoms with Gasteiger partial charge in [-0.15, -0.1) is 0 Å². The number of aryl methyl sites for hydroxylation is 1. The fraction of sp³-hybridized carbons (Fsp3) is 0.348. The number of ether oxygens (including phenoxy) is 1. The van der Waals surface area contributed by atoms with E-state index in [4.69, 9.17) is 4.74 Å². The molecule has 2 aromatic rings. The topological polar surface area (TPSA) is 63.7 Å². The molecule has 0 saturated carbocycles. The quantitative estimate of drug-likeness (QED) is 0.723. The number of carbonyl (C=O) groups is 1. The molecule has 4 rings (SSSR count). The summed E-state index contributed by atoms with van der Waals surface area (Å²) >= 11 is 0. The first-order valence-corrected chi connectivity index (χ1v) is 11.3. The summed E-state index contributed by atoms with van der Waals surface area (Å²) in [6.45, 7) is 2.79. The molecule has 1 heterocycles. The number of nitrogens with zero attached hydrogens (tertiary/aromatic N) is 1. The second kappa shape index (κ2) is 7.76. The second-order valence-corrected chi connectivity index (χ2v) is 9.80. The highest BCUT2D eigenvalue weighted by Crippen LogP contribution is 2.43. The van der Waals surface area contributed by atoms with Gasteiger partial charge in [0.2, 0.25) is 10.0 Å². The van der Waals surface area contributed by atoms with E-state index in [1.54, 1.807) is 16.4 Å². The van der Waals surface area contributed by atoms with E-state index < -0.39 is 10.0 Å². The number of carbonyl (C=O) groups excluding carboxylic acids is 1. The third-order valence-electron chi connectivity index (χ3n) is 6.02. The zero-order valence-corrected chi connectivity index (χ0v) is 17.4. The number of benzene rings is 2. The Balaban J connectivity index is 1.65. The van der Waals surface area contributed by atoms with Gasteiger partial charge in [-0.25, -0.2) is 8.42 Å². The van der Waals surface area contributed by atoms with Gasteiger partial charge in [0, 0.05) is 13.1 Å². The summed E-state index contributed by atoms with van der Waals surface area (Å²) in [4.78, 5) is 12.8. The van der Waals surface area contributed by atoms with Crippen molar-refractivity contribution in [1.82, 2.24) is 4.31 Å². The summed E-state index contributed by atoms with van der Waals surface area (Å²) in [5, 5.41) is 0. The summed E-state index contributed by atoms with van der Waals surface area (Å²) in [5.74, 6) is -0.442. The van der Waals surface area contributed by atoms with Gasteiger partial charge in [-0.3, -0.25) is 4.79 Å². The van der Waals surface area contributed by atoms with E-state index in [0.717, 1.165) is 16.7 Å². The number of sulfonamides is 1. The fourth-order valence-electron chi connectivity index (χ4n) is 4.42. The Bertz CT molecular complexity index is 1030. The van der Waals surface area contributed by atoms with Crippen LogP contribution in [0.5, 0.6) is 0 Å². The van der Waals surface area contributed by atoms with Crippen molar-refractivity contribution in [2.45, 2.75) is 18.2 Å². The minimum absolute atomic E-state index is 0.0892. The maximum Gasteiger partial charge on any atom is 0.313 e. The minimum Gasteiger partial charge on any atom is -0.469 e. The van der Waals surface area contributed by atoms with E-state index in [0.29, 0.717) is 24.4 Å². The first-order chi connectivity index (χ1) is 13.9. The van der Waals surface area contributed by atoms with Crippen LogP contribution in [0, 0.1) is 24.7 Å². The van der Waals surface area contributed by atoms with Crippen molar-refractivity contribution in [2.24, 2.45) is 17.8 Å². The van der Waals surface area contributed by atoms with Crippen molar-refractivity contribution in [1.29, 1.82) is 0 Å². The number of rotatable bonds is 4. The van der Waals surface area contributed by atoms with E-state index in [1.165, 1.54) is 7.11 Å². The first-order valence-electron chi connectivity index (χ1n) is 9.82. The molecule has 3 atom stereocenters. The molecule has 2 aliphatic rings. The molecule has 0 unspecified atom stereocenters. The van der Waals surface area contributed by atoms with Crippen LogP contribution in [0.15, 0.2) is 65.6 Å². The lowest BCUT2D eigenvalue weighted by atomic mass is 9.74. The van der Waals surface area contributed by atoms with E-state index in [9.17, 15) is 13.2 Å². The molecule has 2 aromatic carbocycles. The summed E-state index contributed by atoms with van der Waals surface area (Å²) in [6.07, 6.45) is 2.69. The monoisotopic (exact) mass is 411 g/mol. The van der Waals surface area contributed by atoms with Crippen LogP contribution in [-0.2, 0) is 19.6 Å². The highest BCUT2D eigenvalue weighted by Gasteiger charge is 2.44. The number of esters is 1. The fourth-order valence-corrected chi connectivity index (χ4v) is 5.95. The molecule has 6 heteroatoms. The molecule has 0 aromatic heterocycles. The third-order valence-corrected chi connectivity index (χ3v) is 7.86. The van der Waals surface area contributed by atoms with Gasteiger partial charge < -0.3 is 4.74 Å². The van der Waals surface area contributed by atoms with Crippen LogP contribution in [0.3, 0.4) is 0 Å². The molecule has 1 fully saturated rings. The summed E-state index contributed by atoms with van der Waals surface area (Å²) < 4.78 is 32.9. The van der Waals surface area contributed by atoms with Crippen LogP contribution in [0.1, 0.15) is 17.5 Å². The molecule has 0 radical (unpaired) electrons. The van der Waals surface area contributed by atoms with Crippen LogP contribution >= 0.6 is 0 Å². The van der Waals surface area contributed by atoms with Gasteiger partial charge in [-0.2, -0.15) is 4.31 Å². The van der Waals surface area contributed by atoms with Gasteiger partial charge in [0.15, 0.2) is 0 Å². The van der Waals surface area contributed by atoms with Crippen molar-refractivity contribution >= 4 is 21.6 Å². The zero-order valence-electron chi connectivity index (χ0n) is 16.6. The zero-order chi connectivity index (χ0) is 20.6. The van der Waals surface area contributed by atoms with Gasteiger partial charge in [-0.1, -0.05) is 54.1 Å². The van der Waals surface area contributed by atoms with Crippen LogP contribution < -0.4 is 0 Å². The lowest BCUT2D eigenvalue weighted by Gasteiger charge is -2.29. The maximum atomic E-state index is 13.1. The van der Waals surface area contributed by atoms with Crippen molar-refractivity contribution in [3.63, 3.8) is 0 Å². The SMILES string of the molecule is COC(=O)[C@@H]1C[C@@H]2CN(S(=O)(=O)c3ccc(C)cc3)C[C@@H]2C=C1c1ccccc1. The Kier molecular flexibility index (Phi) is 5.32.